The molecule has 1 aliphatic heterocycles. The van der Waals surface area contributed by atoms with Gasteiger partial charge >= 0.3 is 0 Å². The number of likely N-dealkylation sites (N-methyl/N-ethyl adjacent to an activating group) is 2. The first kappa shape index (κ1) is 16.4. The van der Waals surface area contributed by atoms with Crippen LogP contribution in [0.3, 0.4) is 0 Å². The minimum absolute atomic E-state index is 0.0549. The molecule has 112 valence electrons. The van der Waals surface area contributed by atoms with E-state index in [0.29, 0.717) is 0 Å². The van der Waals surface area contributed by atoms with E-state index in [4.69, 9.17) is 4.74 Å². The molecule has 1 rings (SSSR count). The number of hydrogen-bond donors (Lipinski definition) is 0. The van der Waals surface area contributed by atoms with Crippen molar-refractivity contribution in [3.8, 4) is 0 Å². The second-order valence-corrected chi connectivity index (χ2v) is 6.24. The smallest absolute Gasteiger partial charge is 0.239 e. The van der Waals surface area contributed by atoms with Gasteiger partial charge in [0.05, 0.1) is 19.3 Å². The zero-order valence-electron chi connectivity index (χ0n) is 13.3. The Kier molecular flexibility index (Phi) is 5.77. The van der Waals surface area contributed by atoms with E-state index >= 15 is 0 Å². The largest absolute Gasteiger partial charge is 0.379 e. The van der Waals surface area contributed by atoms with Crippen LogP contribution in [0.1, 0.15) is 20.8 Å². The normalized spacial score (nSPS) is 19.5. The Labute approximate surface area is 117 Å². The molecule has 19 heavy (non-hydrogen) atoms. The van der Waals surface area contributed by atoms with E-state index in [9.17, 15) is 4.79 Å². The Morgan fingerprint density at radius 1 is 1.26 bits per heavy atom. The van der Waals surface area contributed by atoms with E-state index in [-0.39, 0.29) is 17.5 Å². The zero-order valence-corrected chi connectivity index (χ0v) is 13.3. The second-order valence-electron chi connectivity index (χ2n) is 6.24. The predicted molar refractivity (Wildman–Crippen MR) is 77.3 cm³/mol. The van der Waals surface area contributed by atoms with Gasteiger partial charge in [-0.15, -0.1) is 0 Å². The van der Waals surface area contributed by atoms with Crippen molar-refractivity contribution in [2.45, 2.75) is 32.4 Å². The number of amides is 1. The molecule has 0 aromatic carbocycles. The molecule has 5 nitrogen and oxygen atoms in total. The third-order valence-electron chi connectivity index (χ3n) is 3.96. The number of carbonyl (C=O) groups is 1. The summed E-state index contributed by atoms with van der Waals surface area (Å²) >= 11 is 0. The van der Waals surface area contributed by atoms with Crippen LogP contribution in [-0.2, 0) is 9.53 Å². The number of hydrogen-bond acceptors (Lipinski definition) is 4. The summed E-state index contributed by atoms with van der Waals surface area (Å²) in [6.45, 7) is 10.9. The Bertz CT molecular complexity index is 299. The lowest BCUT2D eigenvalue weighted by Crippen LogP contribution is -2.57. The Balaban J connectivity index is 2.58. The van der Waals surface area contributed by atoms with E-state index in [1.54, 1.807) is 19.0 Å². The number of morpholine rings is 1. The fraction of sp³-hybridized carbons (Fsp3) is 0.929. The highest BCUT2D eigenvalue weighted by atomic mass is 16.5. The highest BCUT2D eigenvalue weighted by molar-refractivity contribution is 5.80. The molecule has 1 atom stereocenters. The van der Waals surface area contributed by atoms with Gasteiger partial charge < -0.3 is 9.64 Å². The third-order valence-corrected chi connectivity index (χ3v) is 3.96. The Morgan fingerprint density at radius 3 is 2.26 bits per heavy atom. The minimum atomic E-state index is -0.0877. The number of ether oxygens (including phenoxy) is 1. The summed E-state index contributed by atoms with van der Waals surface area (Å²) in [6.07, 6.45) is 0. The number of nitrogens with zero attached hydrogens (tertiary/aromatic N) is 3. The maximum atomic E-state index is 12.0. The van der Waals surface area contributed by atoms with Gasteiger partial charge in [-0.25, -0.2) is 0 Å². The van der Waals surface area contributed by atoms with E-state index in [2.05, 4.69) is 23.6 Å². The summed E-state index contributed by atoms with van der Waals surface area (Å²) in [6, 6.07) is -0.0877. The molecule has 1 saturated heterocycles. The quantitative estimate of drug-likeness (QED) is 0.730. The monoisotopic (exact) mass is 271 g/mol. The molecule has 0 saturated carbocycles. The van der Waals surface area contributed by atoms with Crippen LogP contribution in [-0.4, -0.2) is 86.2 Å². The van der Waals surface area contributed by atoms with Crippen LogP contribution in [0, 0.1) is 0 Å². The van der Waals surface area contributed by atoms with Crippen molar-refractivity contribution in [1.82, 2.24) is 14.7 Å². The van der Waals surface area contributed by atoms with Gasteiger partial charge in [0.15, 0.2) is 0 Å². The summed E-state index contributed by atoms with van der Waals surface area (Å²) in [4.78, 5) is 18.2. The van der Waals surface area contributed by atoms with Gasteiger partial charge in [0.2, 0.25) is 5.91 Å². The first-order chi connectivity index (χ1) is 8.75. The van der Waals surface area contributed by atoms with Crippen molar-refractivity contribution in [3.63, 3.8) is 0 Å². The van der Waals surface area contributed by atoms with Crippen molar-refractivity contribution in [1.29, 1.82) is 0 Å². The molecule has 0 aliphatic carbocycles. The molecule has 0 aromatic rings. The number of rotatable bonds is 5. The van der Waals surface area contributed by atoms with Crippen LogP contribution in [0.5, 0.6) is 0 Å². The molecule has 1 fully saturated rings. The summed E-state index contributed by atoms with van der Waals surface area (Å²) in [5, 5.41) is 0. The van der Waals surface area contributed by atoms with Gasteiger partial charge in [-0.1, -0.05) is 0 Å². The predicted octanol–water partition coefficient (Wildman–Crippen LogP) is 0.506. The van der Waals surface area contributed by atoms with Gasteiger partial charge in [0, 0.05) is 39.3 Å². The van der Waals surface area contributed by atoms with E-state index in [1.165, 1.54) is 0 Å². The fourth-order valence-corrected chi connectivity index (χ4v) is 2.58. The topological polar surface area (TPSA) is 36.0 Å². The summed E-state index contributed by atoms with van der Waals surface area (Å²) in [7, 11) is 5.63. The van der Waals surface area contributed by atoms with Crippen LogP contribution in [0.4, 0.5) is 0 Å². The molecule has 0 aromatic heterocycles. The number of carbonyl (C=O) groups excluding carboxylic acids is 1. The standard InChI is InChI=1S/C14H29N3O2/c1-12(13(18)15(4)5)16(6)11-14(2,3)17-7-9-19-10-8-17/h12H,7-11H2,1-6H3. The molecular weight excluding hydrogens is 242 g/mol. The Hall–Kier alpha value is -0.650. The van der Waals surface area contributed by atoms with Gasteiger partial charge in [-0.3, -0.25) is 14.6 Å². The summed E-state index contributed by atoms with van der Waals surface area (Å²) in [5.41, 5.74) is 0.0549. The van der Waals surface area contributed by atoms with E-state index in [0.717, 1.165) is 32.8 Å². The van der Waals surface area contributed by atoms with Crippen LogP contribution < -0.4 is 0 Å². The third kappa shape index (κ3) is 4.44. The van der Waals surface area contributed by atoms with Crippen LogP contribution >= 0.6 is 0 Å². The maximum Gasteiger partial charge on any atom is 0.239 e. The average Bonchev–Trinajstić information content (AvgIpc) is 2.37. The molecule has 1 heterocycles. The lowest BCUT2D eigenvalue weighted by Gasteiger charge is -2.43. The van der Waals surface area contributed by atoms with E-state index in [1.807, 2.05) is 14.0 Å². The van der Waals surface area contributed by atoms with Crippen LogP contribution in [0.25, 0.3) is 0 Å². The SMILES string of the molecule is CC(C(=O)N(C)C)N(C)CC(C)(C)N1CCOCC1. The fourth-order valence-electron chi connectivity index (χ4n) is 2.58. The molecule has 1 unspecified atom stereocenters. The summed E-state index contributed by atoms with van der Waals surface area (Å²) < 4.78 is 5.40. The molecule has 0 radical (unpaired) electrons. The van der Waals surface area contributed by atoms with Crippen molar-refractivity contribution in [2.75, 3.05) is 54.0 Å². The van der Waals surface area contributed by atoms with Crippen LogP contribution in [0.15, 0.2) is 0 Å². The van der Waals surface area contributed by atoms with Crippen molar-refractivity contribution >= 4 is 5.91 Å². The second kappa shape index (κ2) is 6.68. The first-order valence-corrected chi connectivity index (χ1v) is 7.00. The molecule has 1 aliphatic rings. The molecule has 0 N–H and O–H groups in total. The van der Waals surface area contributed by atoms with Gasteiger partial charge in [0.1, 0.15) is 0 Å². The van der Waals surface area contributed by atoms with Crippen molar-refractivity contribution < 1.29 is 9.53 Å². The van der Waals surface area contributed by atoms with Crippen molar-refractivity contribution in [2.24, 2.45) is 0 Å². The van der Waals surface area contributed by atoms with Gasteiger partial charge in [0.25, 0.3) is 0 Å². The summed E-state index contributed by atoms with van der Waals surface area (Å²) in [5.74, 6) is 0.153. The highest BCUT2D eigenvalue weighted by Crippen LogP contribution is 2.18. The minimum Gasteiger partial charge on any atom is -0.379 e. The Morgan fingerprint density at radius 2 is 1.79 bits per heavy atom. The molecule has 0 spiro atoms. The molecule has 0 bridgehead atoms. The average molecular weight is 271 g/mol. The lowest BCUT2D eigenvalue weighted by molar-refractivity contribution is -0.134. The van der Waals surface area contributed by atoms with Gasteiger partial charge in [-0.2, -0.15) is 0 Å². The lowest BCUT2D eigenvalue weighted by atomic mass is 10.0. The van der Waals surface area contributed by atoms with Crippen molar-refractivity contribution in [3.05, 3.63) is 0 Å². The molecular formula is C14H29N3O2. The first-order valence-electron chi connectivity index (χ1n) is 7.00. The zero-order chi connectivity index (χ0) is 14.6. The van der Waals surface area contributed by atoms with Gasteiger partial charge in [-0.05, 0) is 27.8 Å². The molecule has 1 amide bonds. The molecule has 5 heteroatoms. The highest BCUT2D eigenvalue weighted by Gasteiger charge is 2.32. The maximum absolute atomic E-state index is 12.0. The van der Waals surface area contributed by atoms with E-state index < -0.39 is 0 Å². The van der Waals surface area contributed by atoms with Crippen LogP contribution in [0.2, 0.25) is 0 Å².